The summed E-state index contributed by atoms with van der Waals surface area (Å²) in [6, 6.07) is 7.33. The minimum atomic E-state index is -0.656. The molecule has 3 heterocycles. The fourth-order valence-corrected chi connectivity index (χ4v) is 5.24. The summed E-state index contributed by atoms with van der Waals surface area (Å²) < 4.78 is 12.2. The Kier molecular flexibility index (Phi) is 6.75. The second kappa shape index (κ2) is 9.53. The van der Waals surface area contributed by atoms with Gasteiger partial charge >= 0.3 is 0 Å². The van der Waals surface area contributed by atoms with Gasteiger partial charge in [0.2, 0.25) is 17.1 Å². The molecule has 0 spiro atoms. The van der Waals surface area contributed by atoms with Crippen molar-refractivity contribution in [3.8, 4) is 11.5 Å². The van der Waals surface area contributed by atoms with Gasteiger partial charge in [-0.05, 0) is 32.9 Å². The van der Waals surface area contributed by atoms with Gasteiger partial charge in [0.15, 0.2) is 15.8 Å². The van der Waals surface area contributed by atoms with E-state index in [9.17, 15) is 9.59 Å². The molecule has 0 aliphatic carbocycles. The van der Waals surface area contributed by atoms with Crippen LogP contribution in [0, 0.1) is 0 Å². The van der Waals surface area contributed by atoms with Crippen molar-refractivity contribution in [3.63, 3.8) is 0 Å². The average Bonchev–Trinajstić information content (AvgIpc) is 3.22. The monoisotopic (exact) mass is 477 g/mol. The van der Waals surface area contributed by atoms with Crippen molar-refractivity contribution in [1.29, 1.82) is 0 Å². The molecule has 0 saturated carbocycles. The summed E-state index contributed by atoms with van der Waals surface area (Å²) >= 11 is 2.83. The number of anilines is 1. The van der Waals surface area contributed by atoms with E-state index in [4.69, 9.17) is 9.47 Å². The summed E-state index contributed by atoms with van der Waals surface area (Å²) in [5.74, 6) is 1.47. The number of nitrogens with one attached hydrogen (secondary N) is 1. The van der Waals surface area contributed by atoms with Crippen LogP contribution in [0.15, 0.2) is 28.6 Å². The van der Waals surface area contributed by atoms with Crippen molar-refractivity contribution < 1.29 is 19.1 Å². The van der Waals surface area contributed by atoms with Gasteiger partial charge in [-0.25, -0.2) is 0 Å². The molecule has 1 aromatic carbocycles. The Bertz CT molecular complexity index is 969. The fraction of sp³-hybridized carbons (Fsp3) is 0.524. The summed E-state index contributed by atoms with van der Waals surface area (Å²) in [6.45, 7) is 8.33. The molecule has 1 fully saturated rings. The number of thioether (sulfide) groups is 1. The number of ether oxygens (including phenoxy) is 2. The lowest BCUT2D eigenvalue weighted by molar-refractivity contribution is -0.145. The topological polar surface area (TPSA) is 96.9 Å². The van der Waals surface area contributed by atoms with Gasteiger partial charge in [-0.2, -0.15) is 0 Å². The number of para-hydroxylation sites is 2. The Morgan fingerprint density at radius 2 is 1.81 bits per heavy atom. The van der Waals surface area contributed by atoms with Crippen LogP contribution < -0.4 is 14.8 Å². The van der Waals surface area contributed by atoms with Crippen LogP contribution >= 0.6 is 23.1 Å². The fourth-order valence-electron chi connectivity index (χ4n) is 3.38. The van der Waals surface area contributed by atoms with E-state index in [1.54, 1.807) is 15.9 Å². The molecule has 2 aromatic rings. The summed E-state index contributed by atoms with van der Waals surface area (Å²) in [5, 5.41) is 12.3. The minimum absolute atomic E-state index is 0.0359. The van der Waals surface area contributed by atoms with Crippen molar-refractivity contribution in [1.82, 2.24) is 20.0 Å². The molecule has 9 nitrogen and oxygen atoms in total. The lowest BCUT2D eigenvalue weighted by Crippen LogP contribution is -2.55. The second-order valence-corrected chi connectivity index (χ2v) is 10.8. The maximum absolute atomic E-state index is 12.8. The number of rotatable bonds is 5. The highest BCUT2D eigenvalue weighted by Crippen LogP contribution is 2.31. The minimum Gasteiger partial charge on any atom is -0.485 e. The Morgan fingerprint density at radius 1 is 1.12 bits per heavy atom. The standard InChI is InChI=1S/C21H27N5O4S2/c1-21(2,3)22-19-23-24-20(32-19)31-13-17(27)25-8-10-26(11-9-25)18(28)16-12-29-14-6-4-5-7-15(14)30-16/h4-7,16H,8-13H2,1-3H3,(H,22,23)/t16-/m0/s1. The molecule has 2 amide bonds. The van der Waals surface area contributed by atoms with E-state index >= 15 is 0 Å². The molecule has 2 aliphatic rings. The van der Waals surface area contributed by atoms with Crippen LogP contribution in [-0.4, -0.2) is 82.0 Å². The number of carbonyl (C=O) groups is 2. The average molecular weight is 478 g/mol. The van der Waals surface area contributed by atoms with Gasteiger partial charge in [-0.1, -0.05) is 35.2 Å². The maximum atomic E-state index is 12.8. The highest BCUT2D eigenvalue weighted by molar-refractivity contribution is 8.01. The predicted molar refractivity (Wildman–Crippen MR) is 124 cm³/mol. The maximum Gasteiger partial charge on any atom is 0.267 e. The number of benzene rings is 1. The SMILES string of the molecule is CC(C)(C)Nc1nnc(SCC(=O)N2CCN(C(=O)[C@@H]3COc4ccccc4O3)CC2)s1. The van der Waals surface area contributed by atoms with Gasteiger partial charge in [0.25, 0.3) is 5.91 Å². The van der Waals surface area contributed by atoms with Crippen LogP contribution in [0.2, 0.25) is 0 Å². The zero-order chi connectivity index (χ0) is 22.7. The van der Waals surface area contributed by atoms with E-state index in [1.807, 2.05) is 18.2 Å². The zero-order valence-electron chi connectivity index (χ0n) is 18.4. The van der Waals surface area contributed by atoms with Gasteiger partial charge in [0, 0.05) is 31.7 Å². The lowest BCUT2D eigenvalue weighted by atomic mass is 10.1. The van der Waals surface area contributed by atoms with E-state index < -0.39 is 6.10 Å². The normalized spacial score (nSPS) is 18.4. The van der Waals surface area contributed by atoms with E-state index in [1.165, 1.54) is 23.1 Å². The van der Waals surface area contributed by atoms with Crippen molar-refractivity contribution in [3.05, 3.63) is 24.3 Å². The van der Waals surface area contributed by atoms with Gasteiger partial charge in [0.05, 0.1) is 5.75 Å². The molecule has 2 aliphatic heterocycles. The molecule has 32 heavy (non-hydrogen) atoms. The van der Waals surface area contributed by atoms with Gasteiger partial charge in [0.1, 0.15) is 6.61 Å². The molecule has 1 saturated heterocycles. The summed E-state index contributed by atoms with van der Waals surface area (Å²) in [5.41, 5.74) is -0.0907. The third kappa shape index (κ3) is 5.63. The number of carbonyl (C=O) groups excluding carboxylic acids is 2. The number of piperazine rings is 1. The first-order valence-corrected chi connectivity index (χ1v) is 12.3. The van der Waals surface area contributed by atoms with Gasteiger partial charge in [-0.3, -0.25) is 9.59 Å². The number of aromatic nitrogens is 2. The molecule has 0 bridgehead atoms. The number of nitrogens with zero attached hydrogens (tertiary/aromatic N) is 4. The zero-order valence-corrected chi connectivity index (χ0v) is 20.0. The molecule has 0 radical (unpaired) electrons. The number of hydrogen-bond acceptors (Lipinski definition) is 9. The predicted octanol–water partition coefficient (Wildman–Crippen LogP) is 2.35. The molecule has 0 unspecified atom stereocenters. The first kappa shape index (κ1) is 22.7. The quantitative estimate of drug-likeness (QED) is 0.656. The molecule has 1 aromatic heterocycles. The molecular formula is C21H27N5O4S2. The smallest absolute Gasteiger partial charge is 0.267 e. The van der Waals surface area contributed by atoms with Gasteiger partial charge in [-0.15, -0.1) is 10.2 Å². The number of amides is 2. The summed E-state index contributed by atoms with van der Waals surface area (Å²) in [6.07, 6.45) is -0.656. The molecule has 11 heteroatoms. The molecule has 1 atom stereocenters. The summed E-state index contributed by atoms with van der Waals surface area (Å²) in [7, 11) is 0. The largest absolute Gasteiger partial charge is 0.485 e. The van der Waals surface area contributed by atoms with E-state index in [0.717, 1.165) is 9.47 Å². The Labute approximate surface area is 195 Å². The Balaban J connectivity index is 1.22. The summed E-state index contributed by atoms with van der Waals surface area (Å²) in [4.78, 5) is 29.0. The Hall–Kier alpha value is -2.53. The van der Waals surface area contributed by atoms with Crippen LogP contribution in [-0.2, 0) is 9.59 Å². The van der Waals surface area contributed by atoms with Crippen LogP contribution in [0.4, 0.5) is 5.13 Å². The van der Waals surface area contributed by atoms with Crippen LogP contribution in [0.5, 0.6) is 11.5 Å². The highest BCUT2D eigenvalue weighted by Gasteiger charge is 2.33. The first-order chi connectivity index (χ1) is 15.3. The van der Waals surface area contributed by atoms with Crippen molar-refractivity contribution in [2.45, 2.75) is 36.8 Å². The molecule has 4 rings (SSSR count). The van der Waals surface area contributed by atoms with Crippen LogP contribution in [0.25, 0.3) is 0 Å². The highest BCUT2D eigenvalue weighted by atomic mass is 32.2. The van der Waals surface area contributed by atoms with Crippen molar-refractivity contribution in [2.75, 3.05) is 43.9 Å². The second-order valence-electron chi connectivity index (χ2n) is 8.61. The van der Waals surface area contributed by atoms with E-state index in [0.29, 0.717) is 43.4 Å². The van der Waals surface area contributed by atoms with Gasteiger partial charge < -0.3 is 24.6 Å². The first-order valence-electron chi connectivity index (χ1n) is 10.5. The molecular weight excluding hydrogens is 450 g/mol. The van der Waals surface area contributed by atoms with E-state index in [2.05, 4.69) is 36.3 Å². The molecule has 1 N–H and O–H groups in total. The third-order valence-corrected chi connectivity index (χ3v) is 6.89. The Morgan fingerprint density at radius 3 is 2.53 bits per heavy atom. The van der Waals surface area contributed by atoms with Crippen molar-refractivity contribution in [2.24, 2.45) is 0 Å². The van der Waals surface area contributed by atoms with Crippen LogP contribution in [0.3, 0.4) is 0 Å². The van der Waals surface area contributed by atoms with E-state index in [-0.39, 0.29) is 24.0 Å². The van der Waals surface area contributed by atoms with Crippen molar-refractivity contribution >= 4 is 40.0 Å². The lowest BCUT2D eigenvalue weighted by Gasteiger charge is -2.37. The van der Waals surface area contributed by atoms with Crippen LogP contribution in [0.1, 0.15) is 20.8 Å². The number of fused-ring (bicyclic) bond motifs is 1. The third-order valence-electron chi connectivity index (χ3n) is 4.94. The number of hydrogen-bond donors (Lipinski definition) is 1. The molecule has 172 valence electrons.